The van der Waals surface area contributed by atoms with Crippen LogP contribution in [0.3, 0.4) is 0 Å². The minimum absolute atomic E-state index is 0.0267. The highest BCUT2D eigenvalue weighted by molar-refractivity contribution is 7.99. The van der Waals surface area contributed by atoms with Crippen LogP contribution >= 0.6 is 11.8 Å². The Balaban J connectivity index is 0.00000108. The number of aliphatic hydroxyl groups excluding tert-OH is 1. The van der Waals surface area contributed by atoms with Gasteiger partial charge < -0.3 is 48.6 Å². The number of nitrogens with zero attached hydrogens (tertiary/aromatic N) is 1. The smallest absolute Gasteiger partial charge is 0.333 e. The van der Waals surface area contributed by atoms with Gasteiger partial charge in [-0.05, 0) is 95.1 Å². The zero-order valence-corrected chi connectivity index (χ0v) is 37.6. The van der Waals surface area contributed by atoms with Gasteiger partial charge in [0.15, 0.2) is 28.5 Å². The monoisotopic (exact) mass is 860 g/mol. The molecule has 2 unspecified atom stereocenters. The molecule has 4 atom stereocenters. The SMILES string of the molecule is CC.CNC.COc1ccc2[nH]c3c(c2c1)CCN[C@]31CSC2c3c(OC(C)=O)c(C)c4c(c3[C@H](COC1=O)N1CCCc3cc(C)c(OC)c(OCCO)c3CC21)OCO4. The number of carbonyl (C=O) groups excluding carboxylic acids is 2. The van der Waals surface area contributed by atoms with Crippen LogP contribution in [0.15, 0.2) is 24.3 Å². The summed E-state index contributed by atoms with van der Waals surface area (Å²) in [5.74, 6) is 3.13. The maximum Gasteiger partial charge on any atom is 0.333 e. The van der Waals surface area contributed by atoms with Crippen LogP contribution in [0.5, 0.6) is 34.5 Å². The normalized spacial score (nSPS) is 22.4. The van der Waals surface area contributed by atoms with E-state index in [4.69, 9.17) is 33.2 Å². The van der Waals surface area contributed by atoms with Gasteiger partial charge in [-0.25, -0.2) is 4.79 Å². The first-order chi connectivity index (χ1) is 29.6. The molecule has 6 aliphatic heterocycles. The van der Waals surface area contributed by atoms with Gasteiger partial charge in [-0.3, -0.25) is 15.0 Å². The van der Waals surface area contributed by atoms with Crippen molar-refractivity contribution in [2.45, 2.75) is 83.2 Å². The minimum atomic E-state index is -1.20. The first-order valence-corrected chi connectivity index (χ1v) is 22.3. The van der Waals surface area contributed by atoms with E-state index in [9.17, 15) is 14.7 Å². The van der Waals surface area contributed by atoms with Gasteiger partial charge in [-0.15, -0.1) is 11.8 Å². The van der Waals surface area contributed by atoms with E-state index >= 15 is 0 Å². The molecule has 7 heterocycles. The number of thioether (sulfide) groups is 1. The Kier molecular flexibility index (Phi) is 13.6. The second-order valence-corrected chi connectivity index (χ2v) is 16.8. The summed E-state index contributed by atoms with van der Waals surface area (Å²) in [4.78, 5) is 33.8. The minimum Gasteiger partial charge on any atom is -0.497 e. The number of hydrogen-bond donors (Lipinski definition) is 4. The number of benzene rings is 3. The number of ether oxygens (including phenoxy) is 7. The van der Waals surface area contributed by atoms with E-state index in [1.54, 1.807) is 26.0 Å². The molecule has 4 N–H and O–H groups in total. The van der Waals surface area contributed by atoms with Crippen molar-refractivity contribution < 1.29 is 47.9 Å². The van der Waals surface area contributed by atoms with Crippen LogP contribution in [-0.4, -0.2) is 107 Å². The molecular formula is C46H60N4O10S. The molecule has 6 aliphatic rings. The number of hydrogen-bond acceptors (Lipinski definition) is 14. The van der Waals surface area contributed by atoms with Crippen molar-refractivity contribution in [3.63, 3.8) is 0 Å². The van der Waals surface area contributed by atoms with Gasteiger partial charge >= 0.3 is 11.9 Å². The van der Waals surface area contributed by atoms with E-state index < -0.39 is 17.6 Å². The highest BCUT2D eigenvalue weighted by atomic mass is 32.2. The lowest BCUT2D eigenvalue weighted by atomic mass is 9.80. The number of rotatable bonds is 6. The Morgan fingerprint density at radius 3 is 2.51 bits per heavy atom. The molecule has 4 aromatic rings. The summed E-state index contributed by atoms with van der Waals surface area (Å²) in [7, 11) is 7.05. The summed E-state index contributed by atoms with van der Waals surface area (Å²) < 4.78 is 42.9. The Morgan fingerprint density at radius 1 is 1.02 bits per heavy atom. The van der Waals surface area contributed by atoms with Gasteiger partial charge in [0.05, 0.1) is 32.6 Å². The van der Waals surface area contributed by atoms with Gasteiger partial charge in [0, 0.05) is 63.7 Å². The van der Waals surface area contributed by atoms with Crippen LogP contribution < -0.4 is 39.1 Å². The third-order valence-corrected chi connectivity index (χ3v) is 13.6. The molecule has 0 radical (unpaired) electrons. The summed E-state index contributed by atoms with van der Waals surface area (Å²) in [5.41, 5.74) is 7.09. The van der Waals surface area contributed by atoms with Crippen LogP contribution in [0, 0.1) is 13.8 Å². The molecule has 3 aromatic carbocycles. The highest BCUT2D eigenvalue weighted by Crippen LogP contribution is 2.60. The summed E-state index contributed by atoms with van der Waals surface area (Å²) in [6, 6.07) is 7.48. The number of nitrogens with one attached hydrogen (secondary N) is 3. The predicted molar refractivity (Wildman–Crippen MR) is 235 cm³/mol. The maximum absolute atomic E-state index is 14.8. The quantitative estimate of drug-likeness (QED) is 0.133. The molecular weight excluding hydrogens is 801 g/mol. The zero-order chi connectivity index (χ0) is 43.6. The molecule has 1 aromatic heterocycles. The van der Waals surface area contributed by atoms with Crippen LogP contribution in [0.1, 0.15) is 83.1 Å². The third kappa shape index (κ3) is 7.77. The van der Waals surface area contributed by atoms with E-state index in [0.717, 1.165) is 69.4 Å². The second-order valence-electron chi connectivity index (χ2n) is 15.6. The lowest BCUT2D eigenvalue weighted by Crippen LogP contribution is -2.58. The van der Waals surface area contributed by atoms with Crippen molar-refractivity contribution in [1.82, 2.24) is 20.5 Å². The number of carbonyl (C=O) groups is 2. The molecule has 2 bridgehead atoms. The summed E-state index contributed by atoms with van der Waals surface area (Å²) in [5, 5.41) is 16.9. The average molecular weight is 861 g/mol. The van der Waals surface area contributed by atoms with Crippen molar-refractivity contribution in [2.75, 3.05) is 73.8 Å². The zero-order valence-electron chi connectivity index (χ0n) is 36.8. The third-order valence-electron chi connectivity index (χ3n) is 12.1. The fraction of sp³-hybridized carbons (Fsp3) is 0.522. The van der Waals surface area contributed by atoms with Crippen LogP contribution in [0.2, 0.25) is 0 Å². The van der Waals surface area contributed by atoms with Gasteiger partial charge in [-0.1, -0.05) is 19.9 Å². The second kappa shape index (κ2) is 18.7. The molecule has 330 valence electrons. The molecule has 0 amide bonds. The van der Waals surface area contributed by atoms with Crippen molar-refractivity contribution in [3.05, 3.63) is 68.9 Å². The number of fused-ring (bicyclic) bond motifs is 8. The van der Waals surface area contributed by atoms with E-state index in [2.05, 4.69) is 26.6 Å². The van der Waals surface area contributed by atoms with Crippen LogP contribution in [0.4, 0.5) is 0 Å². The molecule has 15 heteroatoms. The summed E-state index contributed by atoms with van der Waals surface area (Å²) >= 11 is 1.65. The molecule has 1 saturated heterocycles. The number of methoxy groups -OCH3 is 2. The molecule has 1 spiro atoms. The predicted octanol–water partition coefficient (Wildman–Crippen LogP) is 5.98. The van der Waals surface area contributed by atoms with Crippen LogP contribution in [-0.2, 0) is 39.1 Å². The van der Waals surface area contributed by atoms with Crippen LogP contribution in [0.25, 0.3) is 10.9 Å². The Hall–Kier alpha value is -4.67. The fourth-order valence-corrected chi connectivity index (χ4v) is 11.4. The molecule has 1 fully saturated rings. The number of aromatic nitrogens is 1. The standard InChI is InChI=1S/C42H47N3O10S.C2H7N.C2H6/c1-21-15-24-7-6-12-45-30(17-27(24)37(34(21)50-5)51-14-13-46)39-33-32(38-36(53-20-54-38)22(2)35(33)55-23(3)47)31(45)18-52-41(48)42(19-56-39)40-26(10-11-43-42)28-16-25(49-4)8-9-29(28)44-40;1-3-2;1-2/h8-9,15-16,30-31,39,43-44,46H,6-7,10-14,17-20H2,1-5H3;3H,1-2H3;1-2H3/t30?,31-,39?,42+;;/m0../s1. The van der Waals surface area contributed by atoms with Crippen molar-refractivity contribution in [2.24, 2.45) is 0 Å². The number of aryl methyl sites for hydroxylation is 2. The Bertz CT molecular complexity index is 2280. The lowest BCUT2D eigenvalue weighted by molar-refractivity contribution is -0.154. The van der Waals surface area contributed by atoms with Crippen molar-refractivity contribution >= 4 is 34.6 Å². The number of aliphatic hydroxyl groups is 1. The van der Waals surface area contributed by atoms with E-state index in [1.807, 2.05) is 60.0 Å². The van der Waals surface area contributed by atoms with Crippen molar-refractivity contribution in [1.29, 1.82) is 0 Å². The van der Waals surface area contributed by atoms with Gasteiger partial charge in [0.2, 0.25) is 6.79 Å². The van der Waals surface area contributed by atoms with E-state index in [0.29, 0.717) is 59.6 Å². The van der Waals surface area contributed by atoms with E-state index in [-0.39, 0.29) is 43.9 Å². The largest absolute Gasteiger partial charge is 0.497 e. The van der Waals surface area contributed by atoms with E-state index in [1.165, 1.54) is 12.5 Å². The van der Waals surface area contributed by atoms with Gasteiger partial charge in [-0.2, -0.15) is 0 Å². The molecule has 0 saturated carbocycles. The molecule has 10 rings (SSSR count). The van der Waals surface area contributed by atoms with Crippen molar-refractivity contribution in [3.8, 4) is 34.5 Å². The Morgan fingerprint density at radius 2 is 1.79 bits per heavy atom. The lowest BCUT2D eigenvalue weighted by Gasteiger charge is -2.50. The fourth-order valence-electron chi connectivity index (χ4n) is 9.73. The first kappa shape index (κ1) is 44.4. The molecule has 0 aliphatic carbocycles. The Labute approximate surface area is 362 Å². The number of esters is 2. The summed E-state index contributed by atoms with van der Waals surface area (Å²) in [6.45, 7) is 10.6. The highest BCUT2D eigenvalue weighted by Gasteiger charge is 2.54. The first-order valence-electron chi connectivity index (χ1n) is 21.2. The molecule has 61 heavy (non-hydrogen) atoms. The number of aromatic amines is 1. The maximum atomic E-state index is 14.8. The average Bonchev–Trinajstić information content (AvgIpc) is 3.90. The molecule has 14 nitrogen and oxygen atoms in total. The van der Waals surface area contributed by atoms with Gasteiger partial charge in [0.25, 0.3) is 0 Å². The topological polar surface area (TPSA) is 162 Å². The summed E-state index contributed by atoms with van der Waals surface area (Å²) in [6.07, 6.45) is 2.89. The number of H-pyrrole nitrogens is 1. The van der Waals surface area contributed by atoms with Gasteiger partial charge in [0.1, 0.15) is 24.7 Å².